The van der Waals surface area contributed by atoms with Gasteiger partial charge in [-0.2, -0.15) is 12.6 Å². The SMILES string of the molecule is CCCCCC(S)C(C)C. The first-order valence-electron chi connectivity index (χ1n) is 4.36. The molecular formula is C9H20S. The lowest BCUT2D eigenvalue weighted by atomic mass is 10.0. The van der Waals surface area contributed by atoms with Crippen molar-refractivity contribution in [3.8, 4) is 0 Å². The van der Waals surface area contributed by atoms with E-state index in [4.69, 9.17) is 0 Å². The zero-order valence-electron chi connectivity index (χ0n) is 7.43. The van der Waals surface area contributed by atoms with E-state index >= 15 is 0 Å². The van der Waals surface area contributed by atoms with Crippen LogP contribution in [0.4, 0.5) is 0 Å². The second-order valence-corrected chi connectivity index (χ2v) is 3.97. The van der Waals surface area contributed by atoms with E-state index in [1.807, 2.05) is 0 Å². The van der Waals surface area contributed by atoms with Crippen LogP contribution in [0.1, 0.15) is 46.5 Å². The van der Waals surface area contributed by atoms with Gasteiger partial charge in [-0.25, -0.2) is 0 Å². The number of hydrogen-bond donors (Lipinski definition) is 1. The van der Waals surface area contributed by atoms with Crippen LogP contribution < -0.4 is 0 Å². The zero-order chi connectivity index (χ0) is 7.98. The highest BCUT2D eigenvalue weighted by molar-refractivity contribution is 7.81. The van der Waals surface area contributed by atoms with Crippen LogP contribution >= 0.6 is 12.6 Å². The Morgan fingerprint density at radius 2 is 1.80 bits per heavy atom. The summed E-state index contributed by atoms with van der Waals surface area (Å²) in [5, 5.41) is 0.617. The van der Waals surface area contributed by atoms with Gasteiger partial charge in [0.25, 0.3) is 0 Å². The lowest BCUT2D eigenvalue weighted by Gasteiger charge is -2.13. The molecule has 0 bridgehead atoms. The minimum Gasteiger partial charge on any atom is -0.176 e. The van der Waals surface area contributed by atoms with Gasteiger partial charge in [-0.1, -0.05) is 40.0 Å². The van der Waals surface area contributed by atoms with E-state index in [0.717, 1.165) is 5.92 Å². The van der Waals surface area contributed by atoms with Crippen molar-refractivity contribution in [1.29, 1.82) is 0 Å². The number of thiol groups is 1. The summed E-state index contributed by atoms with van der Waals surface area (Å²) >= 11 is 4.50. The summed E-state index contributed by atoms with van der Waals surface area (Å²) in [5.41, 5.74) is 0. The van der Waals surface area contributed by atoms with Crippen LogP contribution in [0.3, 0.4) is 0 Å². The molecule has 0 N–H and O–H groups in total. The van der Waals surface area contributed by atoms with E-state index in [1.165, 1.54) is 25.7 Å². The minimum absolute atomic E-state index is 0.617. The van der Waals surface area contributed by atoms with Crippen molar-refractivity contribution in [1.82, 2.24) is 0 Å². The monoisotopic (exact) mass is 160 g/mol. The van der Waals surface area contributed by atoms with Crippen molar-refractivity contribution in [3.05, 3.63) is 0 Å². The third-order valence-electron chi connectivity index (χ3n) is 1.87. The molecule has 0 aliphatic rings. The Labute approximate surface area is 70.8 Å². The van der Waals surface area contributed by atoms with E-state index in [2.05, 4.69) is 33.4 Å². The maximum atomic E-state index is 4.50. The quantitative estimate of drug-likeness (QED) is 0.462. The van der Waals surface area contributed by atoms with Gasteiger partial charge in [0, 0.05) is 5.25 Å². The molecule has 0 saturated heterocycles. The second kappa shape index (κ2) is 6.09. The fourth-order valence-electron chi connectivity index (χ4n) is 0.937. The highest BCUT2D eigenvalue weighted by Crippen LogP contribution is 2.16. The van der Waals surface area contributed by atoms with Gasteiger partial charge < -0.3 is 0 Å². The third kappa shape index (κ3) is 5.16. The smallest absolute Gasteiger partial charge is 0.00398 e. The van der Waals surface area contributed by atoms with Crippen molar-refractivity contribution in [2.45, 2.75) is 51.7 Å². The van der Waals surface area contributed by atoms with Gasteiger partial charge >= 0.3 is 0 Å². The number of unbranched alkanes of at least 4 members (excludes halogenated alkanes) is 2. The molecule has 0 rings (SSSR count). The van der Waals surface area contributed by atoms with Crippen LogP contribution in [-0.4, -0.2) is 5.25 Å². The van der Waals surface area contributed by atoms with Crippen molar-refractivity contribution in [2.75, 3.05) is 0 Å². The minimum atomic E-state index is 0.617. The van der Waals surface area contributed by atoms with Crippen LogP contribution in [0.5, 0.6) is 0 Å². The summed E-state index contributed by atoms with van der Waals surface area (Å²) in [7, 11) is 0. The number of hydrogen-bond acceptors (Lipinski definition) is 1. The predicted molar refractivity (Wildman–Crippen MR) is 51.8 cm³/mol. The Bertz CT molecular complexity index is 69.1. The number of rotatable bonds is 5. The molecule has 0 spiro atoms. The van der Waals surface area contributed by atoms with E-state index < -0.39 is 0 Å². The summed E-state index contributed by atoms with van der Waals surface area (Å²) < 4.78 is 0. The molecule has 0 heterocycles. The van der Waals surface area contributed by atoms with Crippen molar-refractivity contribution < 1.29 is 0 Å². The second-order valence-electron chi connectivity index (χ2n) is 3.31. The molecule has 0 aromatic carbocycles. The molecule has 0 aromatic heterocycles. The van der Waals surface area contributed by atoms with Gasteiger partial charge in [0.2, 0.25) is 0 Å². The first kappa shape index (κ1) is 10.3. The Hall–Kier alpha value is 0.350. The lowest BCUT2D eigenvalue weighted by Crippen LogP contribution is -2.06. The summed E-state index contributed by atoms with van der Waals surface area (Å²) in [5.74, 6) is 0.736. The normalized spacial score (nSPS) is 14.1. The van der Waals surface area contributed by atoms with Gasteiger partial charge in [-0.15, -0.1) is 0 Å². The maximum Gasteiger partial charge on any atom is 0.00398 e. The molecule has 0 radical (unpaired) electrons. The van der Waals surface area contributed by atoms with E-state index in [9.17, 15) is 0 Å². The van der Waals surface area contributed by atoms with Crippen LogP contribution in [0.25, 0.3) is 0 Å². The van der Waals surface area contributed by atoms with Gasteiger partial charge in [0.05, 0.1) is 0 Å². The third-order valence-corrected chi connectivity index (χ3v) is 2.73. The predicted octanol–water partition coefficient (Wildman–Crippen LogP) is 3.52. The molecule has 1 unspecified atom stereocenters. The molecular weight excluding hydrogens is 140 g/mol. The summed E-state index contributed by atoms with van der Waals surface area (Å²) in [6.07, 6.45) is 5.32. The summed E-state index contributed by atoms with van der Waals surface area (Å²) in [6.45, 7) is 6.72. The molecule has 0 amide bonds. The average molecular weight is 160 g/mol. The maximum absolute atomic E-state index is 4.50. The highest BCUT2D eigenvalue weighted by Gasteiger charge is 2.05. The first-order chi connectivity index (χ1) is 4.68. The molecule has 1 heteroatoms. The highest BCUT2D eigenvalue weighted by atomic mass is 32.1. The molecule has 0 aliphatic heterocycles. The van der Waals surface area contributed by atoms with E-state index in [1.54, 1.807) is 0 Å². The molecule has 0 fully saturated rings. The van der Waals surface area contributed by atoms with Crippen LogP contribution in [0, 0.1) is 5.92 Å². The van der Waals surface area contributed by atoms with E-state index in [-0.39, 0.29) is 0 Å². The van der Waals surface area contributed by atoms with Gasteiger partial charge in [-0.3, -0.25) is 0 Å². The van der Waals surface area contributed by atoms with Crippen molar-refractivity contribution >= 4 is 12.6 Å². The van der Waals surface area contributed by atoms with Crippen molar-refractivity contribution in [2.24, 2.45) is 5.92 Å². The molecule has 0 aromatic rings. The van der Waals surface area contributed by atoms with Crippen molar-refractivity contribution in [3.63, 3.8) is 0 Å². The molecule has 10 heavy (non-hydrogen) atoms. The summed E-state index contributed by atoms with van der Waals surface area (Å²) in [4.78, 5) is 0. The van der Waals surface area contributed by atoms with Crippen LogP contribution in [0.15, 0.2) is 0 Å². The Balaban J connectivity index is 3.13. The lowest BCUT2D eigenvalue weighted by molar-refractivity contribution is 0.543. The molecule has 0 nitrogen and oxygen atoms in total. The molecule has 1 atom stereocenters. The zero-order valence-corrected chi connectivity index (χ0v) is 8.32. The van der Waals surface area contributed by atoms with E-state index in [0.29, 0.717) is 5.25 Å². The Morgan fingerprint density at radius 3 is 2.20 bits per heavy atom. The molecule has 62 valence electrons. The fraction of sp³-hybridized carbons (Fsp3) is 1.00. The van der Waals surface area contributed by atoms with Crippen LogP contribution in [-0.2, 0) is 0 Å². The standard InChI is InChI=1S/C9H20S/c1-4-5-6-7-9(10)8(2)3/h8-10H,4-7H2,1-3H3. The van der Waals surface area contributed by atoms with Gasteiger partial charge in [-0.05, 0) is 12.3 Å². The largest absolute Gasteiger partial charge is 0.176 e. The van der Waals surface area contributed by atoms with Gasteiger partial charge in [0.1, 0.15) is 0 Å². The molecule has 0 saturated carbocycles. The fourth-order valence-corrected chi connectivity index (χ4v) is 1.12. The Morgan fingerprint density at radius 1 is 1.20 bits per heavy atom. The average Bonchev–Trinajstić information content (AvgIpc) is 1.88. The summed E-state index contributed by atoms with van der Waals surface area (Å²) in [6, 6.07) is 0. The van der Waals surface area contributed by atoms with Crippen LogP contribution in [0.2, 0.25) is 0 Å². The molecule has 0 aliphatic carbocycles. The van der Waals surface area contributed by atoms with Gasteiger partial charge in [0.15, 0.2) is 0 Å². The first-order valence-corrected chi connectivity index (χ1v) is 4.88. The topological polar surface area (TPSA) is 0 Å². The Kier molecular flexibility index (Phi) is 6.30.